The van der Waals surface area contributed by atoms with Crippen molar-refractivity contribution in [2.24, 2.45) is 0 Å². The maximum atomic E-state index is 13.1. The molecule has 3 aromatic rings. The Labute approximate surface area is 187 Å². The second-order valence-corrected chi connectivity index (χ2v) is 7.87. The van der Waals surface area contributed by atoms with Crippen molar-refractivity contribution >= 4 is 29.7 Å². The molecular weight excluding hydrogens is 410 g/mol. The van der Waals surface area contributed by atoms with Crippen LogP contribution in [0.2, 0.25) is 0 Å². The summed E-state index contributed by atoms with van der Waals surface area (Å²) in [6.07, 6.45) is 0.741. The van der Waals surface area contributed by atoms with Gasteiger partial charge in [0.05, 0.1) is 6.54 Å². The third-order valence-electron chi connectivity index (χ3n) is 4.93. The number of hydrogen-bond acceptors (Lipinski definition) is 4. The topological polar surface area (TPSA) is 83.0 Å². The molecule has 0 unspecified atom stereocenters. The number of para-hydroxylation sites is 1. The van der Waals surface area contributed by atoms with E-state index in [1.54, 1.807) is 9.47 Å². The van der Waals surface area contributed by atoms with Gasteiger partial charge in [-0.2, -0.15) is 5.10 Å². The Balaban J connectivity index is 1.76. The number of carbonyl (C=O) groups excluding carboxylic acids is 2. The van der Waals surface area contributed by atoms with Crippen LogP contribution < -0.4 is 5.32 Å². The van der Waals surface area contributed by atoms with E-state index in [-0.39, 0.29) is 24.9 Å². The lowest BCUT2D eigenvalue weighted by atomic mass is 10.1. The number of aromatic nitrogens is 3. The SMILES string of the molecule is CCCN(CC(=O)Nc1ccccc1C)C(=O)Cn1c(-c2cccc(C)c2)n[nH]c1=S. The third kappa shape index (κ3) is 5.67. The predicted octanol–water partition coefficient (Wildman–Crippen LogP) is 4.10. The largest absolute Gasteiger partial charge is 0.332 e. The number of aromatic amines is 1. The van der Waals surface area contributed by atoms with E-state index in [1.807, 2.05) is 69.3 Å². The molecule has 0 bridgehead atoms. The van der Waals surface area contributed by atoms with Crippen LogP contribution in [0.5, 0.6) is 0 Å². The van der Waals surface area contributed by atoms with Crippen LogP contribution in [-0.2, 0) is 16.1 Å². The first-order valence-electron chi connectivity index (χ1n) is 10.2. The van der Waals surface area contributed by atoms with Crippen LogP contribution in [0.4, 0.5) is 5.69 Å². The number of rotatable bonds is 8. The van der Waals surface area contributed by atoms with Crippen molar-refractivity contribution in [3.8, 4) is 11.4 Å². The third-order valence-corrected chi connectivity index (χ3v) is 5.24. The highest BCUT2D eigenvalue weighted by molar-refractivity contribution is 7.71. The van der Waals surface area contributed by atoms with Crippen LogP contribution in [0, 0.1) is 18.6 Å². The van der Waals surface area contributed by atoms with Crippen molar-refractivity contribution in [1.29, 1.82) is 0 Å². The van der Waals surface area contributed by atoms with Gasteiger partial charge in [-0.3, -0.25) is 19.3 Å². The fourth-order valence-electron chi connectivity index (χ4n) is 3.34. The normalized spacial score (nSPS) is 10.7. The van der Waals surface area contributed by atoms with Crippen molar-refractivity contribution in [2.45, 2.75) is 33.7 Å². The molecule has 31 heavy (non-hydrogen) atoms. The lowest BCUT2D eigenvalue weighted by Gasteiger charge is -2.22. The number of aryl methyl sites for hydroxylation is 2. The quantitative estimate of drug-likeness (QED) is 0.520. The molecule has 0 aliphatic heterocycles. The summed E-state index contributed by atoms with van der Waals surface area (Å²) in [5.41, 5.74) is 3.68. The zero-order chi connectivity index (χ0) is 22.4. The summed E-state index contributed by atoms with van der Waals surface area (Å²) in [6.45, 7) is 6.36. The average Bonchev–Trinajstić information content (AvgIpc) is 3.09. The number of anilines is 1. The van der Waals surface area contributed by atoms with E-state index < -0.39 is 0 Å². The van der Waals surface area contributed by atoms with Gasteiger partial charge in [0.15, 0.2) is 10.6 Å². The Morgan fingerprint density at radius 3 is 2.65 bits per heavy atom. The van der Waals surface area contributed by atoms with Crippen molar-refractivity contribution in [1.82, 2.24) is 19.7 Å². The number of hydrogen-bond donors (Lipinski definition) is 2. The van der Waals surface area contributed by atoms with Crippen LogP contribution in [0.25, 0.3) is 11.4 Å². The summed E-state index contributed by atoms with van der Waals surface area (Å²) in [4.78, 5) is 27.3. The first-order chi connectivity index (χ1) is 14.9. The molecule has 0 fully saturated rings. The minimum Gasteiger partial charge on any atom is -0.332 e. The van der Waals surface area contributed by atoms with Crippen molar-refractivity contribution < 1.29 is 9.59 Å². The van der Waals surface area contributed by atoms with E-state index in [1.165, 1.54) is 0 Å². The van der Waals surface area contributed by atoms with E-state index >= 15 is 0 Å². The summed E-state index contributed by atoms with van der Waals surface area (Å²) in [6, 6.07) is 15.4. The Hall–Kier alpha value is -3.26. The smallest absolute Gasteiger partial charge is 0.244 e. The maximum Gasteiger partial charge on any atom is 0.244 e. The summed E-state index contributed by atoms with van der Waals surface area (Å²) >= 11 is 5.36. The molecule has 3 rings (SSSR count). The highest BCUT2D eigenvalue weighted by atomic mass is 32.1. The average molecular weight is 438 g/mol. The van der Waals surface area contributed by atoms with E-state index in [0.29, 0.717) is 17.1 Å². The molecule has 7 nitrogen and oxygen atoms in total. The van der Waals surface area contributed by atoms with Gasteiger partial charge in [0.25, 0.3) is 0 Å². The van der Waals surface area contributed by atoms with Crippen molar-refractivity contribution in [2.75, 3.05) is 18.4 Å². The Kier molecular flexibility index (Phi) is 7.36. The first kappa shape index (κ1) is 22.4. The molecule has 0 atom stereocenters. The van der Waals surface area contributed by atoms with Gasteiger partial charge in [-0.25, -0.2) is 0 Å². The van der Waals surface area contributed by atoms with Crippen LogP contribution in [0.15, 0.2) is 48.5 Å². The maximum absolute atomic E-state index is 13.1. The predicted molar refractivity (Wildman–Crippen MR) is 124 cm³/mol. The number of amides is 2. The summed E-state index contributed by atoms with van der Waals surface area (Å²) in [5, 5.41) is 9.97. The molecule has 0 radical (unpaired) electrons. The molecule has 2 aromatic carbocycles. The monoisotopic (exact) mass is 437 g/mol. The van der Waals surface area contributed by atoms with Gasteiger partial charge in [-0.05, 0) is 50.2 Å². The number of benzene rings is 2. The standard InChI is InChI=1S/C23H27N5O2S/c1-4-12-27(14-20(29)24-19-11-6-5-9-17(19)3)21(30)15-28-22(25-26-23(28)31)18-10-7-8-16(2)13-18/h5-11,13H,4,12,14-15H2,1-3H3,(H,24,29)(H,26,31). The molecule has 0 aliphatic carbocycles. The van der Waals surface area contributed by atoms with E-state index in [0.717, 1.165) is 28.8 Å². The number of nitrogens with zero attached hydrogens (tertiary/aromatic N) is 3. The second-order valence-electron chi connectivity index (χ2n) is 7.49. The number of carbonyl (C=O) groups is 2. The molecule has 2 amide bonds. The molecular formula is C23H27N5O2S. The number of H-pyrrole nitrogens is 1. The highest BCUT2D eigenvalue weighted by Gasteiger charge is 2.20. The molecule has 1 heterocycles. The zero-order valence-electron chi connectivity index (χ0n) is 18.0. The lowest BCUT2D eigenvalue weighted by molar-refractivity contribution is -0.135. The fourth-order valence-corrected chi connectivity index (χ4v) is 3.54. The molecule has 1 aromatic heterocycles. The Morgan fingerprint density at radius 1 is 1.16 bits per heavy atom. The second kappa shape index (κ2) is 10.2. The van der Waals surface area contributed by atoms with Gasteiger partial charge in [0.1, 0.15) is 6.54 Å². The van der Waals surface area contributed by atoms with Crippen LogP contribution in [0.3, 0.4) is 0 Å². The van der Waals surface area contributed by atoms with E-state index in [9.17, 15) is 9.59 Å². The molecule has 0 spiro atoms. The van der Waals surface area contributed by atoms with Gasteiger partial charge >= 0.3 is 0 Å². The summed E-state index contributed by atoms with van der Waals surface area (Å²) in [5.74, 6) is 0.182. The summed E-state index contributed by atoms with van der Waals surface area (Å²) < 4.78 is 2.04. The number of nitrogens with one attached hydrogen (secondary N) is 2. The van der Waals surface area contributed by atoms with Gasteiger partial charge in [-0.15, -0.1) is 0 Å². The van der Waals surface area contributed by atoms with Gasteiger partial charge in [0.2, 0.25) is 11.8 Å². The van der Waals surface area contributed by atoms with Gasteiger partial charge < -0.3 is 10.2 Å². The van der Waals surface area contributed by atoms with Crippen LogP contribution in [-0.4, -0.2) is 44.6 Å². The molecule has 2 N–H and O–H groups in total. The molecule has 0 saturated carbocycles. The Bertz CT molecular complexity index is 1130. The minimum absolute atomic E-state index is 0.0102. The molecule has 162 valence electrons. The fraction of sp³-hybridized carbons (Fsp3) is 0.304. The zero-order valence-corrected chi connectivity index (χ0v) is 18.8. The lowest BCUT2D eigenvalue weighted by Crippen LogP contribution is -2.40. The van der Waals surface area contributed by atoms with E-state index in [2.05, 4.69) is 15.5 Å². The van der Waals surface area contributed by atoms with Crippen LogP contribution >= 0.6 is 12.2 Å². The van der Waals surface area contributed by atoms with Gasteiger partial charge in [-0.1, -0.05) is 48.9 Å². The summed E-state index contributed by atoms with van der Waals surface area (Å²) in [7, 11) is 0. The highest BCUT2D eigenvalue weighted by Crippen LogP contribution is 2.19. The minimum atomic E-state index is -0.231. The molecule has 0 aliphatic rings. The van der Waals surface area contributed by atoms with Gasteiger partial charge in [0, 0.05) is 17.8 Å². The van der Waals surface area contributed by atoms with Crippen molar-refractivity contribution in [3.05, 3.63) is 64.4 Å². The Morgan fingerprint density at radius 2 is 1.94 bits per heavy atom. The van der Waals surface area contributed by atoms with Crippen molar-refractivity contribution in [3.63, 3.8) is 0 Å². The van der Waals surface area contributed by atoms with E-state index in [4.69, 9.17) is 12.2 Å². The molecule has 0 saturated heterocycles. The first-order valence-corrected chi connectivity index (χ1v) is 10.7. The molecule has 8 heteroatoms. The van der Waals surface area contributed by atoms with Crippen LogP contribution in [0.1, 0.15) is 24.5 Å².